The summed E-state index contributed by atoms with van der Waals surface area (Å²) >= 11 is 0. The molecular formula is C12H19N3O2. The highest BCUT2D eigenvalue weighted by molar-refractivity contribution is 5.39. The number of hydrogen-bond acceptors (Lipinski definition) is 4. The highest BCUT2D eigenvalue weighted by Gasteiger charge is 2.13. The molecule has 0 spiro atoms. The fourth-order valence-electron chi connectivity index (χ4n) is 1.72. The molecule has 1 N–H and O–H groups in total. The van der Waals surface area contributed by atoms with E-state index in [9.17, 15) is 10.1 Å². The average molecular weight is 237 g/mol. The molecule has 0 atom stereocenters. The molecule has 0 saturated carbocycles. The van der Waals surface area contributed by atoms with Crippen molar-refractivity contribution in [3.8, 4) is 0 Å². The number of nitrogens with one attached hydrogen (secondary N) is 1. The lowest BCUT2D eigenvalue weighted by atomic mass is 10.1. The zero-order chi connectivity index (χ0) is 12.7. The third-order valence-corrected chi connectivity index (χ3v) is 2.60. The fraction of sp³-hybridized carbons (Fsp3) is 0.500. The molecule has 0 heterocycles. The first-order chi connectivity index (χ1) is 8.15. The molecule has 0 aromatic heterocycles. The molecule has 0 unspecified atom stereocenters. The minimum absolute atomic E-state index is 0.202. The van der Waals surface area contributed by atoms with Gasteiger partial charge in [-0.05, 0) is 33.6 Å². The zero-order valence-electron chi connectivity index (χ0n) is 10.3. The second-order valence-electron chi connectivity index (χ2n) is 4.08. The van der Waals surface area contributed by atoms with Gasteiger partial charge < -0.3 is 10.2 Å². The van der Waals surface area contributed by atoms with Crippen molar-refractivity contribution in [3.63, 3.8) is 0 Å². The van der Waals surface area contributed by atoms with Crippen LogP contribution in [0.25, 0.3) is 0 Å². The van der Waals surface area contributed by atoms with E-state index < -0.39 is 0 Å². The fourth-order valence-corrected chi connectivity index (χ4v) is 1.72. The van der Waals surface area contributed by atoms with Gasteiger partial charge in [0, 0.05) is 18.2 Å². The van der Waals surface area contributed by atoms with Gasteiger partial charge in [0.2, 0.25) is 0 Å². The van der Waals surface area contributed by atoms with Gasteiger partial charge in [-0.1, -0.05) is 18.2 Å². The maximum absolute atomic E-state index is 10.8. The minimum Gasteiger partial charge on any atom is -0.320 e. The van der Waals surface area contributed by atoms with Gasteiger partial charge in [0.05, 0.1) is 4.92 Å². The third-order valence-electron chi connectivity index (χ3n) is 2.60. The van der Waals surface area contributed by atoms with E-state index in [0.717, 1.165) is 25.1 Å². The number of benzene rings is 1. The Kier molecular flexibility index (Phi) is 5.59. The number of rotatable bonds is 7. The van der Waals surface area contributed by atoms with E-state index in [0.29, 0.717) is 6.54 Å². The summed E-state index contributed by atoms with van der Waals surface area (Å²) in [5.41, 5.74) is 0.970. The summed E-state index contributed by atoms with van der Waals surface area (Å²) in [5.74, 6) is 0. The van der Waals surface area contributed by atoms with Crippen LogP contribution in [0, 0.1) is 10.1 Å². The van der Waals surface area contributed by atoms with Crippen molar-refractivity contribution in [1.82, 2.24) is 10.2 Å². The molecule has 0 aliphatic rings. The maximum Gasteiger partial charge on any atom is 0.273 e. The molecular weight excluding hydrogens is 218 g/mol. The average Bonchev–Trinajstić information content (AvgIpc) is 2.29. The van der Waals surface area contributed by atoms with Crippen molar-refractivity contribution in [1.29, 1.82) is 0 Å². The lowest BCUT2D eigenvalue weighted by Crippen LogP contribution is -2.22. The van der Waals surface area contributed by atoms with Crippen molar-refractivity contribution < 1.29 is 4.92 Å². The highest BCUT2D eigenvalue weighted by Crippen LogP contribution is 2.18. The number of para-hydroxylation sites is 1. The smallest absolute Gasteiger partial charge is 0.273 e. The molecule has 0 aliphatic heterocycles. The van der Waals surface area contributed by atoms with E-state index in [2.05, 4.69) is 10.2 Å². The highest BCUT2D eigenvalue weighted by atomic mass is 16.6. The maximum atomic E-state index is 10.8. The molecule has 94 valence electrons. The normalized spacial score (nSPS) is 10.8. The van der Waals surface area contributed by atoms with Gasteiger partial charge in [0.15, 0.2) is 0 Å². The first-order valence-electron chi connectivity index (χ1n) is 5.70. The van der Waals surface area contributed by atoms with Crippen molar-refractivity contribution >= 4 is 5.69 Å². The Morgan fingerprint density at radius 1 is 1.41 bits per heavy atom. The third kappa shape index (κ3) is 4.50. The molecule has 1 aromatic rings. The number of hydrogen-bond donors (Lipinski definition) is 1. The van der Waals surface area contributed by atoms with Crippen LogP contribution in [0.2, 0.25) is 0 Å². The van der Waals surface area contributed by atoms with Crippen LogP contribution in [-0.2, 0) is 6.54 Å². The SMILES string of the molecule is CNCCCN(C)Cc1ccccc1[N+](=O)[O-]. The Morgan fingerprint density at radius 2 is 2.12 bits per heavy atom. The summed E-state index contributed by atoms with van der Waals surface area (Å²) in [5, 5.41) is 13.9. The molecule has 5 nitrogen and oxygen atoms in total. The Bertz CT molecular complexity index is 369. The van der Waals surface area contributed by atoms with Gasteiger partial charge in [-0.2, -0.15) is 0 Å². The van der Waals surface area contributed by atoms with E-state index in [-0.39, 0.29) is 10.6 Å². The minimum atomic E-state index is -0.323. The predicted molar refractivity (Wildman–Crippen MR) is 68.0 cm³/mol. The van der Waals surface area contributed by atoms with Gasteiger partial charge in [-0.3, -0.25) is 10.1 Å². The van der Waals surface area contributed by atoms with Crippen molar-refractivity contribution in [2.75, 3.05) is 27.2 Å². The largest absolute Gasteiger partial charge is 0.320 e. The number of nitrogens with zero attached hydrogens (tertiary/aromatic N) is 2. The van der Waals surface area contributed by atoms with Gasteiger partial charge >= 0.3 is 0 Å². The monoisotopic (exact) mass is 237 g/mol. The lowest BCUT2D eigenvalue weighted by Gasteiger charge is -2.16. The topological polar surface area (TPSA) is 58.4 Å². The molecule has 1 rings (SSSR count). The van der Waals surface area contributed by atoms with Crippen LogP contribution in [0.3, 0.4) is 0 Å². The zero-order valence-corrected chi connectivity index (χ0v) is 10.3. The number of nitro benzene ring substituents is 1. The van der Waals surface area contributed by atoms with Crippen molar-refractivity contribution in [2.45, 2.75) is 13.0 Å². The summed E-state index contributed by atoms with van der Waals surface area (Å²) in [6.45, 7) is 2.50. The Hall–Kier alpha value is -1.46. The Morgan fingerprint density at radius 3 is 2.76 bits per heavy atom. The molecule has 0 aliphatic carbocycles. The van der Waals surface area contributed by atoms with E-state index >= 15 is 0 Å². The number of nitro groups is 1. The second-order valence-corrected chi connectivity index (χ2v) is 4.08. The molecule has 5 heteroatoms. The van der Waals surface area contributed by atoms with Crippen LogP contribution < -0.4 is 5.32 Å². The van der Waals surface area contributed by atoms with E-state index in [1.165, 1.54) is 0 Å². The summed E-state index contributed by atoms with van der Waals surface area (Å²) in [6, 6.07) is 6.90. The molecule has 0 amide bonds. The lowest BCUT2D eigenvalue weighted by molar-refractivity contribution is -0.385. The van der Waals surface area contributed by atoms with Gasteiger partial charge in [-0.25, -0.2) is 0 Å². The van der Waals surface area contributed by atoms with Crippen LogP contribution in [0.5, 0.6) is 0 Å². The molecule has 17 heavy (non-hydrogen) atoms. The van der Waals surface area contributed by atoms with Crippen LogP contribution in [0.1, 0.15) is 12.0 Å². The standard InChI is InChI=1S/C12H19N3O2/c1-13-8-5-9-14(2)10-11-6-3-4-7-12(11)15(16)17/h3-4,6-7,13H,5,8-10H2,1-2H3. The van der Waals surface area contributed by atoms with Crippen LogP contribution in [-0.4, -0.2) is 37.0 Å². The van der Waals surface area contributed by atoms with Crippen molar-refractivity contribution in [2.24, 2.45) is 0 Å². The van der Waals surface area contributed by atoms with Crippen LogP contribution >= 0.6 is 0 Å². The van der Waals surface area contributed by atoms with E-state index in [1.807, 2.05) is 26.2 Å². The Labute approximate surface area is 102 Å². The molecule has 0 fully saturated rings. The summed E-state index contributed by atoms with van der Waals surface area (Å²) in [6.07, 6.45) is 1.04. The molecule has 0 radical (unpaired) electrons. The second kappa shape index (κ2) is 6.98. The molecule has 0 bridgehead atoms. The van der Waals surface area contributed by atoms with Gasteiger partial charge in [-0.15, -0.1) is 0 Å². The summed E-state index contributed by atoms with van der Waals surface area (Å²) in [4.78, 5) is 12.6. The summed E-state index contributed by atoms with van der Waals surface area (Å²) in [7, 11) is 3.90. The first kappa shape index (κ1) is 13.6. The Balaban J connectivity index is 2.58. The van der Waals surface area contributed by atoms with Gasteiger partial charge in [0.25, 0.3) is 5.69 Å². The first-order valence-corrected chi connectivity index (χ1v) is 5.70. The molecule has 1 aromatic carbocycles. The van der Waals surface area contributed by atoms with E-state index in [1.54, 1.807) is 12.1 Å². The van der Waals surface area contributed by atoms with Crippen LogP contribution in [0.4, 0.5) is 5.69 Å². The van der Waals surface area contributed by atoms with Gasteiger partial charge in [0.1, 0.15) is 0 Å². The predicted octanol–water partition coefficient (Wildman–Crippen LogP) is 1.64. The quantitative estimate of drug-likeness (QED) is 0.445. The summed E-state index contributed by atoms with van der Waals surface area (Å²) < 4.78 is 0. The van der Waals surface area contributed by atoms with E-state index in [4.69, 9.17) is 0 Å². The molecule has 0 saturated heterocycles. The van der Waals surface area contributed by atoms with Crippen LogP contribution in [0.15, 0.2) is 24.3 Å². The van der Waals surface area contributed by atoms with Crippen molar-refractivity contribution in [3.05, 3.63) is 39.9 Å².